The highest BCUT2D eigenvalue weighted by molar-refractivity contribution is 6.30. The van der Waals surface area contributed by atoms with E-state index in [9.17, 15) is 4.79 Å². The Kier molecular flexibility index (Phi) is 5.04. The molecule has 1 atom stereocenters. The summed E-state index contributed by atoms with van der Waals surface area (Å²) in [4.78, 5) is 21.3. The number of aromatic nitrogens is 4. The zero-order valence-corrected chi connectivity index (χ0v) is 16.0. The summed E-state index contributed by atoms with van der Waals surface area (Å²) in [7, 11) is 0. The lowest BCUT2D eigenvalue weighted by atomic mass is 9.99. The number of nitrogens with zero attached hydrogens (tertiary/aromatic N) is 4. The predicted octanol–water partition coefficient (Wildman–Crippen LogP) is 3.80. The van der Waals surface area contributed by atoms with Crippen molar-refractivity contribution in [1.82, 2.24) is 24.9 Å². The van der Waals surface area contributed by atoms with Crippen LogP contribution in [0.4, 0.5) is 0 Å². The Morgan fingerprint density at radius 3 is 2.57 bits per heavy atom. The van der Waals surface area contributed by atoms with Crippen LogP contribution in [0.2, 0.25) is 5.02 Å². The molecule has 0 spiro atoms. The molecule has 6 nitrogen and oxygen atoms in total. The first kappa shape index (κ1) is 18.1. The van der Waals surface area contributed by atoms with Gasteiger partial charge in [0.25, 0.3) is 11.7 Å². The molecule has 2 aromatic carbocycles. The predicted molar refractivity (Wildman–Crippen MR) is 107 cm³/mol. The Morgan fingerprint density at radius 2 is 1.86 bits per heavy atom. The van der Waals surface area contributed by atoms with Gasteiger partial charge >= 0.3 is 0 Å². The number of carbonyl (C=O) groups is 1. The van der Waals surface area contributed by atoms with E-state index in [2.05, 4.69) is 20.4 Å². The monoisotopic (exact) mass is 391 g/mol. The van der Waals surface area contributed by atoms with Crippen molar-refractivity contribution in [1.29, 1.82) is 0 Å². The molecule has 0 aliphatic carbocycles. The Balaban J connectivity index is 1.61. The zero-order chi connectivity index (χ0) is 19.5. The number of carbonyl (C=O) groups excluding carboxylic acids is 1. The molecule has 0 saturated carbocycles. The molecule has 0 aliphatic rings. The van der Waals surface area contributed by atoms with Crippen molar-refractivity contribution in [3.63, 3.8) is 0 Å². The molecule has 4 rings (SSSR count). The van der Waals surface area contributed by atoms with Gasteiger partial charge in [0, 0.05) is 16.9 Å². The minimum absolute atomic E-state index is 0.0961. The van der Waals surface area contributed by atoms with Gasteiger partial charge in [-0.1, -0.05) is 54.1 Å². The van der Waals surface area contributed by atoms with E-state index in [-0.39, 0.29) is 17.8 Å². The molecule has 1 amide bonds. The summed E-state index contributed by atoms with van der Waals surface area (Å²) in [5.41, 5.74) is 2.93. The second-order valence-corrected chi connectivity index (χ2v) is 6.94. The average molecular weight is 392 g/mol. The highest BCUT2D eigenvalue weighted by Gasteiger charge is 2.20. The van der Waals surface area contributed by atoms with Crippen LogP contribution in [0.5, 0.6) is 0 Å². The summed E-state index contributed by atoms with van der Waals surface area (Å²) in [6.07, 6.45) is 2.27. The van der Waals surface area contributed by atoms with Crippen LogP contribution >= 0.6 is 11.6 Å². The molecule has 140 valence electrons. The van der Waals surface area contributed by atoms with Crippen LogP contribution < -0.4 is 5.32 Å². The van der Waals surface area contributed by atoms with Gasteiger partial charge in [0.2, 0.25) is 5.82 Å². The lowest BCUT2D eigenvalue weighted by Gasteiger charge is -2.18. The van der Waals surface area contributed by atoms with E-state index in [0.29, 0.717) is 17.2 Å². The maximum absolute atomic E-state index is 12.9. The lowest BCUT2D eigenvalue weighted by Crippen LogP contribution is -2.30. The third-order valence-electron chi connectivity index (χ3n) is 4.49. The number of amides is 1. The van der Waals surface area contributed by atoms with Gasteiger partial charge < -0.3 is 5.32 Å². The van der Waals surface area contributed by atoms with E-state index in [1.807, 2.05) is 67.6 Å². The summed E-state index contributed by atoms with van der Waals surface area (Å²) in [6, 6.07) is 19.0. The standard InChI is InChI=1S/C21H18ClN5O/c1-14-11-12-23-21-25-19(26-27(14)21)20(28)24-18(16-5-3-2-4-6-16)13-15-7-9-17(22)10-8-15/h2-12,18H,13H2,1H3,(H,24,28). The van der Waals surface area contributed by atoms with Gasteiger partial charge in [-0.05, 0) is 42.7 Å². The maximum atomic E-state index is 12.9. The third kappa shape index (κ3) is 3.87. The Hall–Kier alpha value is -3.25. The van der Waals surface area contributed by atoms with Crippen molar-refractivity contribution in [2.24, 2.45) is 0 Å². The zero-order valence-electron chi connectivity index (χ0n) is 15.2. The molecule has 0 saturated heterocycles. The molecule has 4 aromatic rings. The molecule has 0 aliphatic heterocycles. The van der Waals surface area contributed by atoms with Crippen molar-refractivity contribution in [3.8, 4) is 0 Å². The number of fused-ring (bicyclic) bond motifs is 1. The SMILES string of the molecule is Cc1ccnc2nc(C(=O)NC(Cc3ccc(Cl)cc3)c3ccccc3)nn12. The molecular weight excluding hydrogens is 374 g/mol. The summed E-state index contributed by atoms with van der Waals surface area (Å²) in [5, 5.41) is 8.03. The van der Waals surface area contributed by atoms with E-state index in [4.69, 9.17) is 11.6 Å². The van der Waals surface area contributed by atoms with Crippen LogP contribution in [0.15, 0.2) is 66.9 Å². The average Bonchev–Trinajstić information content (AvgIpc) is 3.16. The molecule has 0 bridgehead atoms. The molecule has 1 unspecified atom stereocenters. The summed E-state index contributed by atoms with van der Waals surface area (Å²) >= 11 is 5.99. The Labute approximate surface area is 167 Å². The minimum atomic E-state index is -0.340. The van der Waals surface area contributed by atoms with Crippen LogP contribution in [-0.2, 0) is 6.42 Å². The smallest absolute Gasteiger partial charge is 0.291 e. The van der Waals surface area contributed by atoms with Crippen LogP contribution in [0.25, 0.3) is 5.78 Å². The number of hydrogen-bond donors (Lipinski definition) is 1. The number of nitrogens with one attached hydrogen (secondary N) is 1. The van der Waals surface area contributed by atoms with Crippen LogP contribution in [0, 0.1) is 6.92 Å². The number of aryl methyl sites for hydroxylation is 1. The summed E-state index contributed by atoms with van der Waals surface area (Å²) < 4.78 is 1.56. The summed E-state index contributed by atoms with van der Waals surface area (Å²) in [5.74, 6) is 0.158. The Bertz CT molecular complexity index is 1110. The van der Waals surface area contributed by atoms with Crippen molar-refractivity contribution >= 4 is 23.3 Å². The topological polar surface area (TPSA) is 72.2 Å². The second kappa shape index (κ2) is 7.78. The first-order valence-corrected chi connectivity index (χ1v) is 9.26. The molecule has 28 heavy (non-hydrogen) atoms. The highest BCUT2D eigenvalue weighted by Crippen LogP contribution is 2.20. The van der Waals surface area contributed by atoms with E-state index in [0.717, 1.165) is 16.8 Å². The van der Waals surface area contributed by atoms with Crippen molar-refractivity contribution in [2.75, 3.05) is 0 Å². The molecular formula is C21H18ClN5O. The van der Waals surface area contributed by atoms with Gasteiger partial charge in [-0.15, -0.1) is 5.10 Å². The number of benzene rings is 2. The molecule has 2 heterocycles. The van der Waals surface area contributed by atoms with Crippen LogP contribution in [-0.4, -0.2) is 25.5 Å². The van der Waals surface area contributed by atoms with E-state index in [1.165, 1.54) is 0 Å². The van der Waals surface area contributed by atoms with Gasteiger partial charge in [-0.25, -0.2) is 9.50 Å². The second-order valence-electron chi connectivity index (χ2n) is 6.50. The van der Waals surface area contributed by atoms with Gasteiger partial charge in [0.1, 0.15) is 0 Å². The van der Waals surface area contributed by atoms with Crippen LogP contribution in [0.1, 0.15) is 33.5 Å². The van der Waals surface area contributed by atoms with Gasteiger partial charge in [-0.3, -0.25) is 4.79 Å². The van der Waals surface area contributed by atoms with E-state index in [1.54, 1.807) is 10.7 Å². The fourth-order valence-electron chi connectivity index (χ4n) is 3.02. The first-order chi connectivity index (χ1) is 13.6. The maximum Gasteiger partial charge on any atom is 0.291 e. The fourth-order valence-corrected chi connectivity index (χ4v) is 3.15. The van der Waals surface area contributed by atoms with Crippen molar-refractivity contribution < 1.29 is 4.79 Å². The highest BCUT2D eigenvalue weighted by atomic mass is 35.5. The molecule has 7 heteroatoms. The molecule has 0 radical (unpaired) electrons. The van der Waals surface area contributed by atoms with Gasteiger partial charge in [0.15, 0.2) is 0 Å². The summed E-state index contributed by atoms with van der Waals surface area (Å²) in [6.45, 7) is 1.89. The minimum Gasteiger partial charge on any atom is -0.342 e. The van der Waals surface area contributed by atoms with Crippen molar-refractivity contribution in [3.05, 3.63) is 94.5 Å². The number of hydrogen-bond acceptors (Lipinski definition) is 4. The number of halogens is 1. The van der Waals surface area contributed by atoms with Gasteiger partial charge in [0.05, 0.1) is 6.04 Å². The molecule has 2 aromatic heterocycles. The first-order valence-electron chi connectivity index (χ1n) is 8.89. The normalized spacial score (nSPS) is 12.1. The lowest BCUT2D eigenvalue weighted by molar-refractivity contribution is 0.0926. The van der Waals surface area contributed by atoms with Crippen LogP contribution in [0.3, 0.4) is 0 Å². The van der Waals surface area contributed by atoms with Crippen molar-refractivity contribution in [2.45, 2.75) is 19.4 Å². The largest absolute Gasteiger partial charge is 0.342 e. The van der Waals surface area contributed by atoms with Gasteiger partial charge in [-0.2, -0.15) is 4.98 Å². The number of rotatable bonds is 5. The molecule has 1 N–H and O–H groups in total. The van der Waals surface area contributed by atoms with E-state index >= 15 is 0 Å². The third-order valence-corrected chi connectivity index (χ3v) is 4.75. The quantitative estimate of drug-likeness (QED) is 0.561. The fraction of sp³-hybridized carbons (Fsp3) is 0.143. The Morgan fingerprint density at radius 1 is 1.11 bits per heavy atom. The molecule has 0 fully saturated rings. The van der Waals surface area contributed by atoms with E-state index < -0.39 is 0 Å².